The largest absolute Gasteiger partial charge is 0.378 e. The van der Waals surface area contributed by atoms with Crippen molar-refractivity contribution in [2.75, 3.05) is 45.9 Å². The summed E-state index contributed by atoms with van der Waals surface area (Å²) in [5, 5.41) is 0. The smallest absolute Gasteiger partial charge is 0.0599 e. The molecule has 2 fully saturated rings. The number of piperidine rings is 2. The minimum absolute atomic E-state index is 0.530. The minimum Gasteiger partial charge on any atom is -0.378 e. The lowest BCUT2D eigenvalue weighted by Gasteiger charge is -2.35. The highest BCUT2D eigenvalue weighted by atomic mass is 16.5. The average Bonchev–Trinajstić information content (AvgIpc) is 2.48. The lowest BCUT2D eigenvalue weighted by atomic mass is 9.97. The van der Waals surface area contributed by atoms with Crippen LogP contribution in [0.3, 0.4) is 0 Å². The maximum absolute atomic E-state index is 6.23. The van der Waals surface area contributed by atoms with E-state index in [0.29, 0.717) is 6.10 Å². The van der Waals surface area contributed by atoms with E-state index in [0.717, 1.165) is 18.4 Å². The van der Waals surface area contributed by atoms with Gasteiger partial charge in [0.15, 0.2) is 0 Å². The Balaban J connectivity index is 1.56. The summed E-state index contributed by atoms with van der Waals surface area (Å²) in [6.45, 7) is 15.5. The predicted molar refractivity (Wildman–Crippen MR) is 89.7 cm³/mol. The van der Waals surface area contributed by atoms with Crippen LogP contribution in [0.15, 0.2) is 0 Å². The van der Waals surface area contributed by atoms with Gasteiger partial charge in [-0.3, -0.25) is 0 Å². The second-order valence-electron chi connectivity index (χ2n) is 7.51. The fourth-order valence-corrected chi connectivity index (χ4v) is 3.74. The van der Waals surface area contributed by atoms with E-state index in [9.17, 15) is 0 Å². The van der Waals surface area contributed by atoms with Crippen molar-refractivity contribution in [1.29, 1.82) is 0 Å². The number of likely N-dealkylation sites (tertiary alicyclic amines) is 2. The van der Waals surface area contributed by atoms with Gasteiger partial charge in [-0.1, -0.05) is 20.8 Å². The quantitative estimate of drug-likeness (QED) is 0.717. The van der Waals surface area contributed by atoms with E-state index in [1.54, 1.807) is 0 Å². The summed E-state index contributed by atoms with van der Waals surface area (Å²) >= 11 is 0. The normalized spacial score (nSPS) is 24.0. The number of ether oxygens (including phenoxy) is 1. The van der Waals surface area contributed by atoms with Gasteiger partial charge in [-0.2, -0.15) is 0 Å². The highest BCUT2D eigenvalue weighted by molar-refractivity contribution is 4.75. The maximum Gasteiger partial charge on any atom is 0.0599 e. The van der Waals surface area contributed by atoms with E-state index in [1.807, 2.05) is 0 Å². The summed E-state index contributed by atoms with van der Waals surface area (Å²) in [7, 11) is 0. The van der Waals surface area contributed by atoms with Crippen molar-refractivity contribution >= 4 is 0 Å². The molecule has 2 aliphatic rings. The SMILES string of the molecule is CCCN1CCC(COC2CCN(CC(C)C)CC2)CC1. The van der Waals surface area contributed by atoms with Gasteiger partial charge in [0.2, 0.25) is 0 Å². The summed E-state index contributed by atoms with van der Waals surface area (Å²) in [6.07, 6.45) is 6.97. The van der Waals surface area contributed by atoms with Gasteiger partial charge in [-0.15, -0.1) is 0 Å². The Morgan fingerprint density at radius 2 is 1.57 bits per heavy atom. The molecule has 0 amide bonds. The van der Waals surface area contributed by atoms with E-state index in [-0.39, 0.29) is 0 Å². The predicted octanol–water partition coefficient (Wildman–Crippen LogP) is 3.25. The third-order valence-electron chi connectivity index (χ3n) is 4.97. The fourth-order valence-electron chi connectivity index (χ4n) is 3.74. The first-order valence-corrected chi connectivity index (χ1v) is 9.23. The summed E-state index contributed by atoms with van der Waals surface area (Å²) in [6, 6.07) is 0. The molecule has 0 aromatic rings. The van der Waals surface area contributed by atoms with Gasteiger partial charge in [-0.05, 0) is 63.6 Å². The summed E-state index contributed by atoms with van der Waals surface area (Å²) in [5.74, 6) is 1.60. The molecule has 21 heavy (non-hydrogen) atoms. The Kier molecular flexibility index (Phi) is 7.48. The van der Waals surface area contributed by atoms with Crippen LogP contribution in [0.2, 0.25) is 0 Å². The third kappa shape index (κ3) is 6.25. The van der Waals surface area contributed by atoms with Crippen molar-refractivity contribution in [2.24, 2.45) is 11.8 Å². The van der Waals surface area contributed by atoms with Gasteiger partial charge in [0, 0.05) is 26.2 Å². The van der Waals surface area contributed by atoms with Crippen molar-refractivity contribution in [3.05, 3.63) is 0 Å². The van der Waals surface area contributed by atoms with E-state index < -0.39 is 0 Å². The Bertz CT molecular complexity index is 266. The summed E-state index contributed by atoms with van der Waals surface area (Å²) < 4.78 is 6.23. The second-order valence-corrected chi connectivity index (χ2v) is 7.51. The zero-order chi connectivity index (χ0) is 15.1. The lowest BCUT2D eigenvalue weighted by molar-refractivity contribution is -0.0204. The van der Waals surface area contributed by atoms with Crippen molar-refractivity contribution in [2.45, 2.75) is 59.0 Å². The van der Waals surface area contributed by atoms with Crippen molar-refractivity contribution in [1.82, 2.24) is 9.80 Å². The van der Waals surface area contributed by atoms with Crippen LogP contribution in [0.25, 0.3) is 0 Å². The fraction of sp³-hybridized carbons (Fsp3) is 1.00. The first-order chi connectivity index (χ1) is 10.2. The molecule has 0 bridgehead atoms. The molecule has 0 atom stereocenters. The monoisotopic (exact) mass is 296 g/mol. The summed E-state index contributed by atoms with van der Waals surface area (Å²) in [5.41, 5.74) is 0. The zero-order valence-electron chi connectivity index (χ0n) is 14.5. The Morgan fingerprint density at radius 1 is 0.952 bits per heavy atom. The van der Waals surface area contributed by atoms with Crippen molar-refractivity contribution < 1.29 is 4.74 Å². The number of rotatable bonds is 7. The Labute approximate surface area is 132 Å². The van der Waals surface area contributed by atoms with E-state index >= 15 is 0 Å². The van der Waals surface area contributed by atoms with Gasteiger partial charge >= 0.3 is 0 Å². The van der Waals surface area contributed by atoms with Gasteiger partial charge in [0.05, 0.1) is 6.10 Å². The average molecular weight is 296 g/mol. The molecule has 2 aliphatic heterocycles. The van der Waals surface area contributed by atoms with Crippen LogP contribution in [0.1, 0.15) is 52.9 Å². The molecule has 3 heteroatoms. The van der Waals surface area contributed by atoms with Crippen LogP contribution in [0.4, 0.5) is 0 Å². The van der Waals surface area contributed by atoms with Crippen LogP contribution in [-0.4, -0.2) is 61.8 Å². The summed E-state index contributed by atoms with van der Waals surface area (Å²) in [4.78, 5) is 5.22. The molecular weight excluding hydrogens is 260 g/mol. The Morgan fingerprint density at radius 3 is 2.14 bits per heavy atom. The maximum atomic E-state index is 6.23. The highest BCUT2D eigenvalue weighted by Gasteiger charge is 2.23. The van der Waals surface area contributed by atoms with Crippen LogP contribution in [-0.2, 0) is 4.74 Å². The zero-order valence-corrected chi connectivity index (χ0v) is 14.5. The van der Waals surface area contributed by atoms with Crippen LogP contribution >= 0.6 is 0 Å². The van der Waals surface area contributed by atoms with Crippen molar-refractivity contribution in [3.8, 4) is 0 Å². The number of nitrogens with zero attached hydrogens (tertiary/aromatic N) is 2. The van der Waals surface area contributed by atoms with Gasteiger partial charge in [0.25, 0.3) is 0 Å². The van der Waals surface area contributed by atoms with Crippen LogP contribution < -0.4 is 0 Å². The first kappa shape index (κ1) is 17.2. The molecule has 0 unspecified atom stereocenters. The minimum atomic E-state index is 0.530. The van der Waals surface area contributed by atoms with Gasteiger partial charge < -0.3 is 14.5 Å². The standard InChI is InChI=1S/C18H36N2O/c1-4-9-19-10-5-17(6-11-19)15-21-18-7-12-20(13-8-18)14-16(2)3/h16-18H,4-15H2,1-3H3. The van der Waals surface area contributed by atoms with Crippen molar-refractivity contribution in [3.63, 3.8) is 0 Å². The molecule has 0 N–H and O–H groups in total. The molecule has 124 valence electrons. The highest BCUT2D eigenvalue weighted by Crippen LogP contribution is 2.21. The van der Waals surface area contributed by atoms with E-state index in [1.165, 1.54) is 71.4 Å². The molecule has 0 aromatic heterocycles. The van der Waals surface area contributed by atoms with Crippen LogP contribution in [0.5, 0.6) is 0 Å². The molecule has 0 aromatic carbocycles. The van der Waals surface area contributed by atoms with E-state index in [2.05, 4.69) is 30.6 Å². The lowest BCUT2D eigenvalue weighted by Crippen LogP contribution is -2.40. The molecule has 2 rings (SSSR count). The molecule has 0 aliphatic carbocycles. The second kappa shape index (κ2) is 9.12. The number of hydrogen-bond donors (Lipinski definition) is 0. The molecule has 0 saturated carbocycles. The van der Waals surface area contributed by atoms with E-state index in [4.69, 9.17) is 4.74 Å². The molecule has 2 heterocycles. The van der Waals surface area contributed by atoms with Gasteiger partial charge in [0.1, 0.15) is 0 Å². The molecular formula is C18H36N2O. The first-order valence-electron chi connectivity index (χ1n) is 9.23. The van der Waals surface area contributed by atoms with Crippen LogP contribution in [0, 0.1) is 11.8 Å². The molecule has 2 saturated heterocycles. The van der Waals surface area contributed by atoms with Gasteiger partial charge in [-0.25, -0.2) is 0 Å². The molecule has 0 radical (unpaired) electrons. The topological polar surface area (TPSA) is 15.7 Å². The molecule has 0 spiro atoms. The molecule has 3 nitrogen and oxygen atoms in total. The third-order valence-corrected chi connectivity index (χ3v) is 4.97. The Hall–Kier alpha value is -0.120. The number of hydrogen-bond acceptors (Lipinski definition) is 3.